The maximum Gasteiger partial charge on any atom is 0.251 e. The van der Waals surface area contributed by atoms with Gasteiger partial charge in [0.1, 0.15) is 0 Å². The molecular weight excluding hydrogens is 322 g/mol. The summed E-state index contributed by atoms with van der Waals surface area (Å²) < 4.78 is 17.6. The molecule has 1 N–H and O–H groups in total. The maximum absolute atomic E-state index is 12.5. The van der Waals surface area contributed by atoms with Gasteiger partial charge in [-0.25, -0.2) is 4.52 Å². The molecule has 1 aromatic carbocycles. The number of rotatable bonds is 6. The quantitative estimate of drug-likeness (QED) is 0.745. The lowest BCUT2D eigenvalue weighted by Crippen LogP contribution is -2.22. The summed E-state index contributed by atoms with van der Waals surface area (Å²) >= 11 is 0. The van der Waals surface area contributed by atoms with Crippen LogP contribution in [0, 0.1) is 0 Å². The molecule has 2 heterocycles. The predicted octanol–water partition coefficient (Wildman–Crippen LogP) is 2.29. The van der Waals surface area contributed by atoms with E-state index in [9.17, 15) is 4.79 Å². The van der Waals surface area contributed by atoms with E-state index in [2.05, 4.69) is 10.4 Å². The van der Waals surface area contributed by atoms with Gasteiger partial charge in [-0.3, -0.25) is 4.79 Å². The summed E-state index contributed by atoms with van der Waals surface area (Å²) in [5.74, 6) is 1.07. The average Bonchev–Trinajstić information content (AvgIpc) is 3.07. The smallest absolute Gasteiger partial charge is 0.251 e. The maximum atomic E-state index is 12.5. The molecule has 0 spiro atoms. The lowest BCUT2D eigenvalue weighted by atomic mass is 10.1. The second kappa shape index (κ2) is 7.12. The van der Waals surface area contributed by atoms with Crippen molar-refractivity contribution in [1.82, 2.24) is 14.9 Å². The van der Waals surface area contributed by atoms with Gasteiger partial charge in [-0.2, -0.15) is 5.10 Å². The lowest BCUT2D eigenvalue weighted by molar-refractivity contribution is 0.0950. The predicted molar refractivity (Wildman–Crippen MR) is 92.5 cm³/mol. The Balaban J connectivity index is 1.81. The van der Waals surface area contributed by atoms with Crippen molar-refractivity contribution in [3.05, 3.63) is 53.9 Å². The van der Waals surface area contributed by atoms with Gasteiger partial charge in [0.25, 0.3) is 5.91 Å². The molecule has 0 fully saturated rings. The standard InChI is InChI=1S/C18H19N3O4/c1-23-15-8-12(9-16(24-2)17(15)25-3)18(22)19-10-13-11-20-21-7-5-4-6-14(13)21/h4-9,11H,10H2,1-3H3,(H,19,22). The van der Waals surface area contributed by atoms with E-state index >= 15 is 0 Å². The van der Waals surface area contributed by atoms with E-state index in [1.807, 2.05) is 24.4 Å². The van der Waals surface area contributed by atoms with Crippen molar-refractivity contribution in [1.29, 1.82) is 0 Å². The highest BCUT2D eigenvalue weighted by molar-refractivity contribution is 5.95. The number of amides is 1. The first-order chi connectivity index (χ1) is 12.2. The van der Waals surface area contributed by atoms with Crippen LogP contribution in [0.1, 0.15) is 15.9 Å². The summed E-state index contributed by atoms with van der Waals surface area (Å²) in [5.41, 5.74) is 2.31. The number of benzene rings is 1. The summed E-state index contributed by atoms with van der Waals surface area (Å²) in [5, 5.41) is 7.15. The molecule has 0 saturated carbocycles. The number of nitrogens with zero attached hydrogens (tertiary/aromatic N) is 2. The molecule has 0 bridgehead atoms. The molecule has 7 heteroatoms. The Morgan fingerprint density at radius 2 is 1.84 bits per heavy atom. The molecule has 130 valence electrons. The number of carbonyl (C=O) groups excluding carboxylic acids is 1. The summed E-state index contributed by atoms with van der Waals surface area (Å²) in [6.07, 6.45) is 3.60. The number of pyridine rings is 1. The SMILES string of the molecule is COc1cc(C(=O)NCc2cnn3ccccc23)cc(OC)c1OC. The fraction of sp³-hybridized carbons (Fsp3) is 0.222. The highest BCUT2D eigenvalue weighted by Gasteiger charge is 2.17. The van der Waals surface area contributed by atoms with Crippen molar-refractivity contribution in [3.8, 4) is 17.2 Å². The third kappa shape index (κ3) is 3.21. The van der Waals surface area contributed by atoms with Crippen molar-refractivity contribution >= 4 is 11.4 Å². The van der Waals surface area contributed by atoms with Crippen LogP contribution < -0.4 is 19.5 Å². The van der Waals surface area contributed by atoms with Gasteiger partial charge in [0.15, 0.2) is 11.5 Å². The van der Waals surface area contributed by atoms with Crippen molar-refractivity contribution in [2.24, 2.45) is 0 Å². The van der Waals surface area contributed by atoms with Crippen LogP contribution in [0.2, 0.25) is 0 Å². The zero-order valence-electron chi connectivity index (χ0n) is 14.3. The lowest BCUT2D eigenvalue weighted by Gasteiger charge is -2.14. The molecule has 0 saturated heterocycles. The van der Waals surface area contributed by atoms with Gasteiger partial charge in [0.2, 0.25) is 5.75 Å². The normalized spacial score (nSPS) is 10.5. The van der Waals surface area contributed by atoms with Gasteiger partial charge >= 0.3 is 0 Å². The average molecular weight is 341 g/mol. The minimum Gasteiger partial charge on any atom is -0.493 e. The second-order valence-electron chi connectivity index (χ2n) is 5.30. The Morgan fingerprint density at radius 1 is 1.12 bits per heavy atom. The van der Waals surface area contributed by atoms with Gasteiger partial charge in [0, 0.05) is 23.9 Å². The molecule has 25 heavy (non-hydrogen) atoms. The minimum atomic E-state index is -0.241. The molecule has 7 nitrogen and oxygen atoms in total. The van der Waals surface area contributed by atoms with Gasteiger partial charge in [-0.1, -0.05) is 6.07 Å². The number of methoxy groups -OCH3 is 3. The summed E-state index contributed by atoms with van der Waals surface area (Å²) in [6.45, 7) is 0.364. The van der Waals surface area contributed by atoms with Crippen LogP contribution in [0.4, 0.5) is 0 Å². The first-order valence-corrected chi connectivity index (χ1v) is 7.67. The summed E-state index contributed by atoms with van der Waals surface area (Å²) in [6, 6.07) is 9.02. The third-order valence-electron chi connectivity index (χ3n) is 3.87. The topological polar surface area (TPSA) is 74.1 Å². The molecule has 0 atom stereocenters. The van der Waals surface area contributed by atoms with E-state index in [1.54, 1.807) is 22.8 Å². The van der Waals surface area contributed by atoms with Crippen LogP contribution in [0.25, 0.3) is 5.52 Å². The number of carbonyl (C=O) groups is 1. The molecule has 0 unspecified atom stereocenters. The van der Waals surface area contributed by atoms with Crippen molar-refractivity contribution in [2.45, 2.75) is 6.54 Å². The Bertz CT molecular complexity index is 879. The summed E-state index contributed by atoms with van der Waals surface area (Å²) in [7, 11) is 4.54. The molecule has 0 radical (unpaired) electrons. The largest absolute Gasteiger partial charge is 0.493 e. The van der Waals surface area contributed by atoms with Crippen LogP contribution in [0.5, 0.6) is 17.2 Å². The number of nitrogens with one attached hydrogen (secondary N) is 1. The van der Waals surface area contributed by atoms with Crippen molar-refractivity contribution in [2.75, 3.05) is 21.3 Å². The summed E-state index contributed by atoms with van der Waals surface area (Å²) in [4.78, 5) is 12.5. The number of aromatic nitrogens is 2. The van der Waals surface area contributed by atoms with E-state index in [1.165, 1.54) is 21.3 Å². The molecule has 2 aromatic heterocycles. The minimum absolute atomic E-state index is 0.241. The van der Waals surface area contributed by atoms with Gasteiger partial charge in [0.05, 0.1) is 33.0 Å². The number of ether oxygens (including phenoxy) is 3. The van der Waals surface area contributed by atoms with E-state index in [4.69, 9.17) is 14.2 Å². The van der Waals surface area contributed by atoms with E-state index < -0.39 is 0 Å². The first-order valence-electron chi connectivity index (χ1n) is 7.67. The third-order valence-corrected chi connectivity index (χ3v) is 3.87. The molecule has 3 aromatic rings. The Morgan fingerprint density at radius 3 is 2.48 bits per heavy atom. The molecule has 0 aliphatic carbocycles. The van der Waals surface area contributed by atoms with Crippen molar-refractivity contribution in [3.63, 3.8) is 0 Å². The fourth-order valence-electron chi connectivity index (χ4n) is 2.61. The molecule has 3 rings (SSSR count). The van der Waals surface area contributed by atoms with Crippen LogP contribution in [-0.2, 0) is 6.54 Å². The molecular formula is C18H19N3O4. The van der Waals surface area contributed by atoms with E-state index in [0.29, 0.717) is 29.4 Å². The zero-order valence-corrected chi connectivity index (χ0v) is 14.3. The van der Waals surface area contributed by atoms with Gasteiger partial charge < -0.3 is 19.5 Å². The Labute approximate surface area is 145 Å². The number of hydrogen-bond donors (Lipinski definition) is 1. The monoisotopic (exact) mass is 341 g/mol. The van der Waals surface area contributed by atoms with Gasteiger partial charge in [-0.05, 0) is 24.3 Å². The molecule has 0 aliphatic rings. The van der Waals surface area contributed by atoms with E-state index in [-0.39, 0.29) is 5.91 Å². The van der Waals surface area contributed by atoms with E-state index in [0.717, 1.165) is 11.1 Å². The highest BCUT2D eigenvalue weighted by Crippen LogP contribution is 2.38. The number of fused-ring (bicyclic) bond motifs is 1. The Kier molecular flexibility index (Phi) is 4.74. The van der Waals surface area contributed by atoms with Crippen LogP contribution >= 0.6 is 0 Å². The first kappa shape index (κ1) is 16.6. The van der Waals surface area contributed by atoms with Crippen LogP contribution in [0.15, 0.2) is 42.7 Å². The highest BCUT2D eigenvalue weighted by atomic mass is 16.5. The zero-order chi connectivity index (χ0) is 17.8. The molecule has 0 aliphatic heterocycles. The van der Waals surface area contributed by atoms with Gasteiger partial charge in [-0.15, -0.1) is 0 Å². The van der Waals surface area contributed by atoms with Crippen LogP contribution in [0.3, 0.4) is 0 Å². The fourth-order valence-corrected chi connectivity index (χ4v) is 2.61. The van der Waals surface area contributed by atoms with Crippen molar-refractivity contribution < 1.29 is 19.0 Å². The second-order valence-corrected chi connectivity index (χ2v) is 5.30. The van der Waals surface area contributed by atoms with Crippen LogP contribution in [-0.4, -0.2) is 36.9 Å². The molecule has 1 amide bonds. The number of hydrogen-bond acceptors (Lipinski definition) is 5. The Hall–Kier alpha value is -3.22.